The third-order valence-corrected chi connectivity index (χ3v) is 4.77. The molecule has 1 atom stereocenters. The molecule has 1 fully saturated rings. The molecule has 0 radical (unpaired) electrons. The molecule has 2 heterocycles. The van der Waals surface area contributed by atoms with Crippen LogP contribution in [0.1, 0.15) is 28.1 Å². The van der Waals surface area contributed by atoms with Crippen LogP contribution in [-0.4, -0.2) is 29.3 Å². The molecule has 1 aromatic carbocycles. The number of nitrogens with two attached hydrogens (primary N) is 1. The van der Waals surface area contributed by atoms with Crippen LogP contribution in [0.2, 0.25) is 0 Å². The normalized spacial score (nSPS) is 17.2. The number of benzene rings is 1. The van der Waals surface area contributed by atoms with Crippen molar-refractivity contribution in [2.45, 2.75) is 25.5 Å². The highest BCUT2D eigenvalue weighted by atomic mass is 32.1. The molecule has 0 bridgehead atoms. The number of carbonyl (C=O) groups excluding carboxylic acids is 2. The molecule has 1 aromatic heterocycles. The Kier molecular flexibility index (Phi) is 4.62. The molecule has 1 aliphatic heterocycles. The lowest BCUT2D eigenvalue weighted by Gasteiger charge is -2.21. The molecule has 6 heteroatoms. The predicted molar refractivity (Wildman–Crippen MR) is 88.3 cm³/mol. The van der Waals surface area contributed by atoms with Gasteiger partial charge in [0.25, 0.3) is 5.91 Å². The smallest absolute Gasteiger partial charge is 0.264 e. The number of likely N-dealkylation sites (tertiary alicyclic amines) is 1. The van der Waals surface area contributed by atoms with Gasteiger partial charge in [-0.15, -0.1) is 11.3 Å². The maximum absolute atomic E-state index is 12.5. The van der Waals surface area contributed by atoms with Crippen molar-refractivity contribution >= 4 is 23.2 Å². The van der Waals surface area contributed by atoms with E-state index in [-0.39, 0.29) is 5.91 Å². The summed E-state index contributed by atoms with van der Waals surface area (Å²) in [7, 11) is 0. The summed E-state index contributed by atoms with van der Waals surface area (Å²) in [6.07, 6.45) is 1.45. The maximum Gasteiger partial charge on any atom is 0.264 e. The topological polar surface area (TPSA) is 72.6 Å². The van der Waals surface area contributed by atoms with Crippen LogP contribution in [0.5, 0.6) is 5.75 Å². The molecule has 1 aliphatic rings. The van der Waals surface area contributed by atoms with Gasteiger partial charge in [-0.3, -0.25) is 9.59 Å². The van der Waals surface area contributed by atoms with Crippen LogP contribution in [0, 0.1) is 0 Å². The summed E-state index contributed by atoms with van der Waals surface area (Å²) in [6.45, 7) is 1.03. The molecule has 0 spiro atoms. The zero-order valence-corrected chi connectivity index (χ0v) is 13.4. The number of ether oxygens (including phenoxy) is 1. The SMILES string of the molecule is NC(=O)[C@H]1CCCN1C(=O)c1cc(OCc2ccccc2)cs1. The average Bonchev–Trinajstić information content (AvgIpc) is 3.22. The summed E-state index contributed by atoms with van der Waals surface area (Å²) < 4.78 is 5.71. The summed E-state index contributed by atoms with van der Waals surface area (Å²) in [5.41, 5.74) is 6.44. The Morgan fingerprint density at radius 3 is 2.83 bits per heavy atom. The van der Waals surface area contributed by atoms with Crippen molar-refractivity contribution in [1.29, 1.82) is 0 Å². The number of rotatable bonds is 5. The van der Waals surface area contributed by atoms with Crippen molar-refractivity contribution in [3.05, 3.63) is 52.2 Å². The van der Waals surface area contributed by atoms with Gasteiger partial charge in [0.15, 0.2) is 0 Å². The largest absolute Gasteiger partial charge is 0.488 e. The quantitative estimate of drug-likeness (QED) is 0.915. The Balaban J connectivity index is 1.64. The van der Waals surface area contributed by atoms with Crippen LogP contribution in [0.15, 0.2) is 41.8 Å². The van der Waals surface area contributed by atoms with Gasteiger partial charge in [0.1, 0.15) is 18.4 Å². The van der Waals surface area contributed by atoms with Gasteiger partial charge in [-0.2, -0.15) is 0 Å². The third-order valence-electron chi connectivity index (χ3n) is 3.88. The monoisotopic (exact) mass is 330 g/mol. The van der Waals surface area contributed by atoms with Gasteiger partial charge >= 0.3 is 0 Å². The first kappa shape index (κ1) is 15.6. The van der Waals surface area contributed by atoms with Crippen molar-refractivity contribution < 1.29 is 14.3 Å². The average molecular weight is 330 g/mol. The van der Waals surface area contributed by atoms with Crippen LogP contribution in [0.4, 0.5) is 0 Å². The number of nitrogens with zero attached hydrogens (tertiary/aromatic N) is 1. The van der Waals surface area contributed by atoms with E-state index in [2.05, 4.69) is 0 Å². The van der Waals surface area contributed by atoms with E-state index in [0.717, 1.165) is 12.0 Å². The van der Waals surface area contributed by atoms with Gasteiger partial charge < -0.3 is 15.4 Å². The highest BCUT2D eigenvalue weighted by molar-refractivity contribution is 7.12. The minimum atomic E-state index is -0.488. The van der Waals surface area contributed by atoms with Gasteiger partial charge in [0.05, 0.1) is 4.88 Å². The van der Waals surface area contributed by atoms with Crippen molar-refractivity contribution in [1.82, 2.24) is 4.90 Å². The molecular formula is C17H18N2O3S. The van der Waals surface area contributed by atoms with E-state index in [1.54, 1.807) is 11.0 Å². The first-order valence-electron chi connectivity index (χ1n) is 7.50. The highest BCUT2D eigenvalue weighted by Crippen LogP contribution is 2.27. The van der Waals surface area contributed by atoms with Crippen LogP contribution >= 0.6 is 11.3 Å². The van der Waals surface area contributed by atoms with Crippen LogP contribution in [0.3, 0.4) is 0 Å². The summed E-state index contributed by atoms with van der Waals surface area (Å²) in [6, 6.07) is 11.1. The van der Waals surface area contributed by atoms with E-state index in [1.165, 1.54) is 11.3 Å². The molecule has 2 amide bonds. The van der Waals surface area contributed by atoms with Crippen molar-refractivity contribution in [2.75, 3.05) is 6.54 Å². The minimum absolute atomic E-state index is 0.147. The number of primary amides is 1. The molecule has 0 saturated carbocycles. The number of carbonyl (C=O) groups is 2. The fourth-order valence-electron chi connectivity index (χ4n) is 2.69. The predicted octanol–water partition coefficient (Wildman–Crippen LogP) is 2.42. The molecule has 120 valence electrons. The summed E-state index contributed by atoms with van der Waals surface area (Å²) in [5, 5.41) is 1.81. The van der Waals surface area contributed by atoms with Crippen molar-refractivity contribution in [2.24, 2.45) is 5.73 Å². The molecule has 2 aromatic rings. The molecule has 0 unspecified atom stereocenters. The maximum atomic E-state index is 12.5. The lowest BCUT2D eigenvalue weighted by molar-refractivity contribution is -0.121. The highest BCUT2D eigenvalue weighted by Gasteiger charge is 2.33. The van der Waals surface area contributed by atoms with E-state index in [4.69, 9.17) is 10.5 Å². The third kappa shape index (κ3) is 3.53. The Morgan fingerprint density at radius 2 is 2.09 bits per heavy atom. The number of hydrogen-bond acceptors (Lipinski definition) is 4. The molecular weight excluding hydrogens is 312 g/mol. The Morgan fingerprint density at radius 1 is 1.30 bits per heavy atom. The fourth-order valence-corrected chi connectivity index (χ4v) is 3.48. The van der Waals surface area contributed by atoms with Crippen LogP contribution in [0.25, 0.3) is 0 Å². The Hall–Kier alpha value is -2.34. The number of thiophene rings is 1. The van der Waals surface area contributed by atoms with E-state index < -0.39 is 11.9 Å². The fraction of sp³-hybridized carbons (Fsp3) is 0.294. The molecule has 5 nitrogen and oxygen atoms in total. The molecule has 1 saturated heterocycles. The molecule has 3 rings (SSSR count). The lowest BCUT2D eigenvalue weighted by Crippen LogP contribution is -2.43. The second-order valence-electron chi connectivity index (χ2n) is 5.48. The second kappa shape index (κ2) is 6.83. The van der Waals surface area contributed by atoms with Crippen LogP contribution in [-0.2, 0) is 11.4 Å². The van der Waals surface area contributed by atoms with Gasteiger partial charge in [-0.05, 0) is 18.4 Å². The summed E-state index contributed by atoms with van der Waals surface area (Å²) in [4.78, 5) is 26.1. The number of hydrogen-bond donors (Lipinski definition) is 1. The second-order valence-corrected chi connectivity index (χ2v) is 6.39. The first-order chi connectivity index (χ1) is 11.1. The molecule has 23 heavy (non-hydrogen) atoms. The van der Waals surface area contributed by atoms with Gasteiger partial charge in [0, 0.05) is 18.0 Å². The number of amides is 2. The van der Waals surface area contributed by atoms with E-state index in [9.17, 15) is 9.59 Å². The zero-order valence-electron chi connectivity index (χ0n) is 12.6. The van der Waals surface area contributed by atoms with Gasteiger partial charge in [0.2, 0.25) is 5.91 Å². The standard InChI is InChI=1S/C17H18N2O3S/c18-16(20)14-7-4-8-19(14)17(21)15-9-13(11-23-15)22-10-12-5-2-1-3-6-12/h1-3,5-6,9,11,14H,4,7-8,10H2,(H2,18,20)/t14-/m1/s1. The Bertz CT molecular complexity index is 699. The van der Waals surface area contributed by atoms with Gasteiger partial charge in [-0.25, -0.2) is 0 Å². The van der Waals surface area contributed by atoms with E-state index in [1.807, 2.05) is 35.7 Å². The Labute approximate surface area is 138 Å². The van der Waals surface area contributed by atoms with Crippen molar-refractivity contribution in [3.63, 3.8) is 0 Å². The minimum Gasteiger partial charge on any atom is -0.488 e. The van der Waals surface area contributed by atoms with Crippen molar-refractivity contribution in [3.8, 4) is 5.75 Å². The zero-order chi connectivity index (χ0) is 16.2. The molecule has 0 aliphatic carbocycles. The van der Waals surface area contributed by atoms with Gasteiger partial charge in [-0.1, -0.05) is 30.3 Å². The van der Waals surface area contributed by atoms with Crippen LogP contribution < -0.4 is 10.5 Å². The first-order valence-corrected chi connectivity index (χ1v) is 8.38. The van der Waals surface area contributed by atoms with E-state index in [0.29, 0.717) is 30.2 Å². The van der Waals surface area contributed by atoms with E-state index >= 15 is 0 Å². The molecule has 2 N–H and O–H groups in total. The summed E-state index contributed by atoms with van der Waals surface area (Å²) in [5.74, 6) is 0.0795. The summed E-state index contributed by atoms with van der Waals surface area (Å²) >= 11 is 1.33. The lowest BCUT2D eigenvalue weighted by atomic mass is 10.2.